The average molecular weight is 536 g/mol. The number of thiol groups is 1. The van der Waals surface area contributed by atoms with Gasteiger partial charge < -0.3 is 20.3 Å². The lowest BCUT2D eigenvalue weighted by Crippen LogP contribution is -2.55. The third kappa shape index (κ3) is 11.8. The summed E-state index contributed by atoms with van der Waals surface area (Å²) in [6.07, 6.45) is 4.31. The summed E-state index contributed by atoms with van der Waals surface area (Å²) >= 11 is 4.36. The molecule has 0 aliphatic carbocycles. The number of nitrogens with zero attached hydrogens (tertiary/aromatic N) is 1. The van der Waals surface area contributed by atoms with Crippen LogP contribution in [0, 0.1) is 13.8 Å². The molecule has 1 aromatic rings. The van der Waals surface area contributed by atoms with Gasteiger partial charge in [-0.05, 0) is 72.9 Å². The van der Waals surface area contributed by atoms with Crippen LogP contribution in [-0.2, 0) is 14.3 Å². The molecule has 37 heavy (non-hydrogen) atoms. The number of carbonyl (C=O) groups is 3. The first-order valence-electron chi connectivity index (χ1n) is 13.4. The Kier molecular flexibility index (Phi) is 13.0. The molecule has 0 heterocycles. The zero-order chi connectivity index (χ0) is 28.4. The van der Waals surface area contributed by atoms with Gasteiger partial charge in [0.25, 0.3) is 0 Å². The van der Waals surface area contributed by atoms with Crippen molar-refractivity contribution in [2.24, 2.45) is 0 Å². The molecule has 2 atom stereocenters. The Bertz CT molecular complexity index is 905. The highest BCUT2D eigenvalue weighted by atomic mass is 32.1. The van der Waals surface area contributed by atoms with Crippen molar-refractivity contribution in [2.75, 3.05) is 12.3 Å². The minimum absolute atomic E-state index is 0.0743. The molecule has 0 spiro atoms. The topological polar surface area (TPSA) is 87.7 Å². The molecule has 2 unspecified atom stereocenters. The van der Waals surface area contributed by atoms with Crippen molar-refractivity contribution in [2.45, 2.75) is 118 Å². The molecule has 0 saturated heterocycles. The van der Waals surface area contributed by atoms with Gasteiger partial charge in [0.15, 0.2) is 0 Å². The van der Waals surface area contributed by atoms with E-state index >= 15 is 0 Å². The molecule has 1 aromatic carbocycles. The Morgan fingerprint density at radius 1 is 1.00 bits per heavy atom. The second-order valence-corrected chi connectivity index (χ2v) is 12.2. The maximum absolute atomic E-state index is 14.0. The number of ether oxygens (including phenoxy) is 1. The highest BCUT2D eigenvalue weighted by Crippen LogP contribution is 2.28. The highest BCUT2D eigenvalue weighted by Gasteiger charge is 2.37. The molecule has 210 valence electrons. The number of hydrogen-bond donors (Lipinski definition) is 3. The Morgan fingerprint density at radius 2 is 1.62 bits per heavy atom. The monoisotopic (exact) mass is 535 g/mol. The van der Waals surface area contributed by atoms with Gasteiger partial charge in [-0.2, -0.15) is 12.6 Å². The molecule has 0 aliphatic heterocycles. The summed E-state index contributed by atoms with van der Waals surface area (Å²) in [4.78, 5) is 41.9. The van der Waals surface area contributed by atoms with Crippen LogP contribution in [0.5, 0.6) is 0 Å². The van der Waals surface area contributed by atoms with Gasteiger partial charge in [-0.3, -0.25) is 9.59 Å². The number of nitrogens with one attached hydrogen (secondary N) is 2. The van der Waals surface area contributed by atoms with E-state index in [2.05, 4.69) is 30.2 Å². The van der Waals surface area contributed by atoms with Gasteiger partial charge in [0.1, 0.15) is 17.7 Å². The van der Waals surface area contributed by atoms with Gasteiger partial charge in [-0.25, -0.2) is 4.79 Å². The lowest BCUT2D eigenvalue weighted by molar-refractivity contribution is -0.142. The second kappa shape index (κ2) is 14.6. The fourth-order valence-electron chi connectivity index (χ4n) is 4.11. The summed E-state index contributed by atoms with van der Waals surface area (Å²) < 4.78 is 5.38. The highest BCUT2D eigenvalue weighted by molar-refractivity contribution is 7.80. The molecule has 0 saturated carbocycles. The van der Waals surface area contributed by atoms with E-state index in [1.165, 1.54) is 0 Å². The minimum Gasteiger partial charge on any atom is -0.444 e. The second-order valence-electron chi connectivity index (χ2n) is 11.8. The molecule has 0 bridgehead atoms. The van der Waals surface area contributed by atoms with E-state index in [9.17, 15) is 14.4 Å². The Hall–Kier alpha value is -2.22. The Balaban J connectivity index is 3.47. The number of hydrogen-bond acceptors (Lipinski definition) is 5. The number of rotatable bonds is 12. The fourth-order valence-corrected chi connectivity index (χ4v) is 4.36. The van der Waals surface area contributed by atoms with Crippen molar-refractivity contribution < 1.29 is 19.1 Å². The van der Waals surface area contributed by atoms with Crippen molar-refractivity contribution in [3.05, 3.63) is 34.9 Å². The van der Waals surface area contributed by atoms with Gasteiger partial charge >= 0.3 is 6.09 Å². The van der Waals surface area contributed by atoms with Crippen molar-refractivity contribution in [1.82, 2.24) is 15.5 Å². The van der Waals surface area contributed by atoms with Crippen LogP contribution in [0.3, 0.4) is 0 Å². The van der Waals surface area contributed by atoms with E-state index in [0.29, 0.717) is 6.54 Å². The molecule has 1 rings (SSSR count). The summed E-state index contributed by atoms with van der Waals surface area (Å²) in [5.74, 6) is -0.535. The van der Waals surface area contributed by atoms with Crippen LogP contribution in [0.25, 0.3) is 0 Å². The lowest BCUT2D eigenvalue weighted by Gasteiger charge is -2.36. The number of unbranched alkanes of at least 4 members (excludes halogenated alkanes) is 4. The van der Waals surface area contributed by atoms with Gasteiger partial charge in [-0.1, -0.05) is 56.4 Å². The smallest absolute Gasteiger partial charge is 0.408 e. The van der Waals surface area contributed by atoms with E-state index in [1.807, 2.05) is 52.8 Å². The van der Waals surface area contributed by atoms with Crippen molar-refractivity contribution in [3.8, 4) is 0 Å². The molecule has 2 N–H and O–H groups in total. The predicted octanol–water partition coefficient (Wildman–Crippen LogP) is 5.88. The van der Waals surface area contributed by atoms with Crippen molar-refractivity contribution in [3.63, 3.8) is 0 Å². The zero-order valence-corrected chi connectivity index (χ0v) is 25.3. The van der Waals surface area contributed by atoms with Crippen LogP contribution < -0.4 is 10.6 Å². The number of carbonyl (C=O) groups excluding carboxylic acids is 3. The van der Waals surface area contributed by atoms with Crippen LogP contribution in [0.1, 0.15) is 103 Å². The quantitative estimate of drug-likeness (QED) is 0.230. The molecule has 3 amide bonds. The number of aryl methyl sites for hydroxylation is 2. The van der Waals surface area contributed by atoms with Crippen LogP contribution in [-0.4, -0.2) is 52.3 Å². The average Bonchev–Trinajstić information content (AvgIpc) is 2.74. The molecule has 0 radical (unpaired) electrons. The number of alkyl carbamates (subject to hydrolysis) is 1. The molecular formula is C29H49N3O4S. The van der Waals surface area contributed by atoms with Crippen molar-refractivity contribution >= 4 is 30.5 Å². The molecule has 0 aromatic heterocycles. The first kappa shape index (κ1) is 32.8. The van der Waals surface area contributed by atoms with Crippen LogP contribution in [0.2, 0.25) is 0 Å². The Morgan fingerprint density at radius 3 is 2.14 bits per heavy atom. The first-order valence-corrected chi connectivity index (χ1v) is 14.0. The normalized spacial score (nSPS) is 13.5. The van der Waals surface area contributed by atoms with E-state index in [1.54, 1.807) is 25.7 Å². The summed E-state index contributed by atoms with van der Waals surface area (Å²) in [6.45, 7) is 17.5. The summed E-state index contributed by atoms with van der Waals surface area (Å²) in [5.41, 5.74) is 1.58. The van der Waals surface area contributed by atoms with Crippen LogP contribution in [0.15, 0.2) is 18.2 Å². The zero-order valence-electron chi connectivity index (χ0n) is 24.4. The summed E-state index contributed by atoms with van der Waals surface area (Å²) in [6, 6.07) is 4.11. The largest absolute Gasteiger partial charge is 0.444 e. The molecule has 0 fully saturated rings. The lowest BCUT2D eigenvalue weighted by atomic mass is 9.95. The predicted molar refractivity (Wildman–Crippen MR) is 154 cm³/mol. The first-order chi connectivity index (χ1) is 17.1. The Labute approximate surface area is 229 Å². The summed E-state index contributed by atoms with van der Waals surface area (Å²) in [7, 11) is 0. The third-order valence-corrected chi connectivity index (χ3v) is 6.10. The van der Waals surface area contributed by atoms with Gasteiger partial charge in [0.05, 0.1) is 0 Å². The maximum Gasteiger partial charge on any atom is 0.408 e. The van der Waals surface area contributed by atoms with E-state index in [-0.39, 0.29) is 17.6 Å². The van der Waals surface area contributed by atoms with Crippen molar-refractivity contribution in [1.29, 1.82) is 0 Å². The van der Waals surface area contributed by atoms with Crippen LogP contribution >= 0.6 is 12.6 Å². The van der Waals surface area contributed by atoms with Gasteiger partial charge in [0.2, 0.25) is 11.8 Å². The maximum atomic E-state index is 14.0. The van der Waals surface area contributed by atoms with Gasteiger partial charge in [0, 0.05) is 17.8 Å². The van der Waals surface area contributed by atoms with E-state index in [4.69, 9.17) is 4.74 Å². The molecule has 0 aliphatic rings. The fraction of sp³-hybridized carbons (Fsp3) is 0.690. The summed E-state index contributed by atoms with van der Waals surface area (Å²) in [5, 5.41) is 5.74. The molecular weight excluding hydrogens is 486 g/mol. The number of benzene rings is 1. The van der Waals surface area contributed by atoms with E-state index < -0.39 is 29.3 Å². The minimum atomic E-state index is -0.940. The molecule has 8 heteroatoms. The molecule has 7 nitrogen and oxygen atoms in total. The standard InChI is InChI=1S/C29H49N3O4S/c1-10-11-12-13-14-17-32(26(34)23(19-37)30-27(35)36-29(7,8)9)24(25(33)31-28(4,5)6)22-16-15-20(2)18-21(22)3/h15-16,18,23-24,37H,10-14,17,19H2,1-9H3,(H,30,35)(H,31,33). The van der Waals surface area contributed by atoms with Crippen LogP contribution in [0.4, 0.5) is 4.79 Å². The SMILES string of the molecule is CCCCCCCN(C(=O)C(CS)NC(=O)OC(C)(C)C)C(C(=O)NC(C)(C)C)c1ccc(C)cc1C. The van der Waals surface area contributed by atoms with E-state index in [0.717, 1.165) is 48.8 Å². The number of amides is 3. The third-order valence-electron chi connectivity index (χ3n) is 5.74. The van der Waals surface area contributed by atoms with Gasteiger partial charge in [-0.15, -0.1) is 0 Å².